The van der Waals surface area contributed by atoms with E-state index in [1.807, 2.05) is 0 Å². The van der Waals surface area contributed by atoms with E-state index >= 15 is 0 Å². The standard InChI is InChI=1S/C14H13ClFNO/c15-11-6-3-4-9(14(11)16)8-13(18)10-5-1-2-7-12(10)17/h1-7,13,18H,8,17H2. The Bertz CT molecular complexity index is 559. The Morgan fingerprint density at radius 3 is 2.61 bits per heavy atom. The zero-order chi connectivity index (χ0) is 13.1. The molecular weight excluding hydrogens is 253 g/mol. The molecule has 0 bridgehead atoms. The number of halogens is 2. The van der Waals surface area contributed by atoms with Crippen molar-refractivity contribution in [1.82, 2.24) is 0 Å². The molecule has 0 radical (unpaired) electrons. The lowest BCUT2D eigenvalue weighted by atomic mass is 10.00. The van der Waals surface area contributed by atoms with E-state index in [4.69, 9.17) is 17.3 Å². The molecule has 0 aliphatic heterocycles. The van der Waals surface area contributed by atoms with E-state index in [1.165, 1.54) is 6.07 Å². The molecule has 0 saturated heterocycles. The van der Waals surface area contributed by atoms with Crippen LogP contribution in [-0.2, 0) is 6.42 Å². The summed E-state index contributed by atoms with van der Waals surface area (Å²) in [6.45, 7) is 0. The molecule has 18 heavy (non-hydrogen) atoms. The van der Waals surface area contributed by atoms with Crippen molar-refractivity contribution in [1.29, 1.82) is 0 Å². The van der Waals surface area contributed by atoms with Gasteiger partial charge in [-0.3, -0.25) is 0 Å². The smallest absolute Gasteiger partial charge is 0.145 e. The number of hydrogen-bond acceptors (Lipinski definition) is 2. The number of nitrogens with two attached hydrogens (primary N) is 1. The van der Waals surface area contributed by atoms with Gasteiger partial charge in [0.2, 0.25) is 0 Å². The molecule has 4 heteroatoms. The number of hydrogen-bond donors (Lipinski definition) is 2. The second kappa shape index (κ2) is 5.38. The van der Waals surface area contributed by atoms with Crippen LogP contribution in [-0.4, -0.2) is 5.11 Å². The summed E-state index contributed by atoms with van der Waals surface area (Å²) in [6, 6.07) is 11.7. The van der Waals surface area contributed by atoms with Gasteiger partial charge in [-0.2, -0.15) is 0 Å². The monoisotopic (exact) mass is 265 g/mol. The summed E-state index contributed by atoms with van der Waals surface area (Å²) in [5.74, 6) is -0.493. The SMILES string of the molecule is Nc1ccccc1C(O)Cc1cccc(Cl)c1F. The topological polar surface area (TPSA) is 46.2 Å². The maximum absolute atomic E-state index is 13.7. The van der Waals surface area contributed by atoms with Crippen LogP contribution in [0.2, 0.25) is 5.02 Å². The summed E-state index contributed by atoms with van der Waals surface area (Å²) in [6.07, 6.45) is -0.709. The third kappa shape index (κ3) is 2.63. The van der Waals surface area contributed by atoms with Gasteiger partial charge in [0.1, 0.15) is 5.82 Å². The lowest BCUT2D eigenvalue weighted by Gasteiger charge is -2.14. The number of para-hydroxylation sites is 1. The Morgan fingerprint density at radius 2 is 1.89 bits per heavy atom. The van der Waals surface area contributed by atoms with Crippen LogP contribution in [0.25, 0.3) is 0 Å². The molecule has 2 nitrogen and oxygen atoms in total. The molecule has 2 aromatic carbocycles. The van der Waals surface area contributed by atoms with Gasteiger partial charge in [-0.25, -0.2) is 4.39 Å². The lowest BCUT2D eigenvalue weighted by Crippen LogP contribution is -2.06. The van der Waals surface area contributed by atoms with Gasteiger partial charge in [-0.15, -0.1) is 0 Å². The van der Waals surface area contributed by atoms with E-state index in [2.05, 4.69) is 0 Å². The van der Waals surface area contributed by atoms with Crippen LogP contribution < -0.4 is 5.73 Å². The lowest BCUT2D eigenvalue weighted by molar-refractivity contribution is 0.178. The van der Waals surface area contributed by atoms with Crippen molar-refractivity contribution < 1.29 is 9.50 Å². The molecule has 0 fully saturated rings. The summed E-state index contributed by atoms with van der Waals surface area (Å²) >= 11 is 5.69. The highest BCUT2D eigenvalue weighted by Gasteiger charge is 2.14. The number of benzene rings is 2. The fraction of sp³-hybridized carbons (Fsp3) is 0.143. The Labute approximate surface area is 110 Å². The van der Waals surface area contributed by atoms with Crippen LogP contribution in [0.4, 0.5) is 10.1 Å². The number of aliphatic hydroxyl groups excluding tert-OH is 1. The molecule has 0 saturated carbocycles. The summed E-state index contributed by atoms with van der Waals surface area (Å²) in [7, 11) is 0. The molecule has 1 atom stereocenters. The highest BCUT2D eigenvalue weighted by atomic mass is 35.5. The van der Waals surface area contributed by atoms with Crippen LogP contribution >= 0.6 is 11.6 Å². The minimum Gasteiger partial charge on any atom is -0.398 e. The number of nitrogen functional groups attached to an aromatic ring is 1. The van der Waals surface area contributed by atoms with Crippen molar-refractivity contribution in [3.05, 3.63) is 64.4 Å². The minimum absolute atomic E-state index is 0.0562. The molecule has 0 heterocycles. The molecule has 3 N–H and O–H groups in total. The van der Waals surface area contributed by atoms with Gasteiger partial charge in [-0.05, 0) is 17.7 Å². The van der Waals surface area contributed by atoms with E-state index in [-0.39, 0.29) is 11.4 Å². The van der Waals surface area contributed by atoms with Crippen molar-refractivity contribution in [3.63, 3.8) is 0 Å². The van der Waals surface area contributed by atoms with Crippen LogP contribution in [0.3, 0.4) is 0 Å². The first kappa shape index (κ1) is 12.9. The summed E-state index contributed by atoms with van der Waals surface area (Å²) in [5.41, 5.74) is 7.22. The second-order valence-electron chi connectivity index (χ2n) is 4.06. The largest absolute Gasteiger partial charge is 0.398 e. The summed E-state index contributed by atoms with van der Waals surface area (Å²) < 4.78 is 13.7. The van der Waals surface area contributed by atoms with Crippen molar-refractivity contribution in [2.24, 2.45) is 0 Å². The third-order valence-corrected chi connectivity index (χ3v) is 3.09. The quantitative estimate of drug-likeness (QED) is 0.836. The fourth-order valence-corrected chi connectivity index (χ4v) is 2.03. The average Bonchev–Trinajstić information content (AvgIpc) is 2.35. The third-order valence-electron chi connectivity index (χ3n) is 2.80. The van der Waals surface area contributed by atoms with Crippen molar-refractivity contribution in [3.8, 4) is 0 Å². The zero-order valence-corrected chi connectivity index (χ0v) is 10.4. The number of rotatable bonds is 3. The normalized spacial score (nSPS) is 12.4. The molecule has 0 amide bonds. The van der Waals surface area contributed by atoms with Crippen LogP contribution in [0, 0.1) is 5.82 Å². The Kier molecular flexibility index (Phi) is 3.84. The van der Waals surface area contributed by atoms with Crippen LogP contribution in [0.15, 0.2) is 42.5 Å². The van der Waals surface area contributed by atoms with Gasteiger partial charge in [-0.1, -0.05) is 41.9 Å². The predicted octanol–water partition coefficient (Wildman–Crippen LogP) is 3.34. The molecule has 1 unspecified atom stereocenters. The van der Waals surface area contributed by atoms with Gasteiger partial charge in [0.05, 0.1) is 11.1 Å². The van der Waals surface area contributed by atoms with Crippen LogP contribution in [0.5, 0.6) is 0 Å². The number of anilines is 1. The maximum atomic E-state index is 13.7. The van der Waals surface area contributed by atoms with Crippen LogP contribution in [0.1, 0.15) is 17.2 Å². The van der Waals surface area contributed by atoms with Gasteiger partial charge in [0, 0.05) is 17.7 Å². The Hall–Kier alpha value is -1.58. The highest BCUT2D eigenvalue weighted by Crippen LogP contribution is 2.26. The Morgan fingerprint density at radius 1 is 1.17 bits per heavy atom. The number of aliphatic hydroxyl groups is 1. The molecule has 2 rings (SSSR count). The van der Waals surface area contributed by atoms with E-state index in [9.17, 15) is 9.50 Å². The first-order valence-corrected chi connectivity index (χ1v) is 5.92. The first-order valence-electron chi connectivity index (χ1n) is 5.55. The van der Waals surface area contributed by atoms with E-state index in [1.54, 1.807) is 36.4 Å². The van der Waals surface area contributed by atoms with Gasteiger partial charge in [0.25, 0.3) is 0 Å². The molecule has 2 aromatic rings. The van der Waals surface area contributed by atoms with Crippen molar-refractivity contribution in [2.45, 2.75) is 12.5 Å². The van der Waals surface area contributed by atoms with E-state index < -0.39 is 11.9 Å². The zero-order valence-electron chi connectivity index (χ0n) is 9.61. The maximum Gasteiger partial charge on any atom is 0.145 e. The van der Waals surface area contributed by atoms with E-state index in [0.29, 0.717) is 16.8 Å². The van der Waals surface area contributed by atoms with Gasteiger partial charge < -0.3 is 10.8 Å². The molecule has 0 aromatic heterocycles. The molecule has 94 valence electrons. The van der Waals surface area contributed by atoms with E-state index in [0.717, 1.165) is 0 Å². The molecule has 0 aliphatic carbocycles. The second-order valence-corrected chi connectivity index (χ2v) is 4.47. The van der Waals surface area contributed by atoms with Gasteiger partial charge in [0.15, 0.2) is 0 Å². The van der Waals surface area contributed by atoms with Gasteiger partial charge >= 0.3 is 0 Å². The minimum atomic E-state index is -0.848. The Balaban J connectivity index is 2.24. The average molecular weight is 266 g/mol. The van der Waals surface area contributed by atoms with Crippen molar-refractivity contribution in [2.75, 3.05) is 5.73 Å². The fourth-order valence-electron chi connectivity index (χ4n) is 1.84. The molecular formula is C14H13ClFNO. The summed E-state index contributed by atoms with van der Waals surface area (Å²) in [5, 5.41) is 10.1. The molecule has 0 aliphatic rings. The highest BCUT2D eigenvalue weighted by molar-refractivity contribution is 6.30. The molecule has 0 spiro atoms. The predicted molar refractivity (Wildman–Crippen MR) is 70.9 cm³/mol. The van der Waals surface area contributed by atoms with Crippen molar-refractivity contribution >= 4 is 17.3 Å². The summed E-state index contributed by atoms with van der Waals surface area (Å²) in [4.78, 5) is 0. The first-order chi connectivity index (χ1) is 8.59.